The largest absolute Gasteiger partial charge is 0.458 e. The van der Waals surface area contributed by atoms with Crippen molar-refractivity contribution in [2.24, 2.45) is 0 Å². The van der Waals surface area contributed by atoms with Crippen LogP contribution in [0.1, 0.15) is 18.8 Å². The molecular weight excluding hydrogens is 208 g/mol. The van der Waals surface area contributed by atoms with Gasteiger partial charge in [0.25, 0.3) is 0 Å². The van der Waals surface area contributed by atoms with E-state index in [2.05, 4.69) is 0 Å². The van der Waals surface area contributed by atoms with Gasteiger partial charge in [-0.1, -0.05) is 30.3 Å². The molecule has 0 amide bonds. The Morgan fingerprint density at radius 1 is 1.25 bits per heavy atom. The first-order valence-electron chi connectivity index (χ1n) is 5.21. The first-order chi connectivity index (χ1) is 7.75. The molecule has 1 aromatic carbocycles. The van der Waals surface area contributed by atoms with Gasteiger partial charge in [-0.15, -0.1) is 0 Å². The zero-order chi connectivity index (χ0) is 11.4. The maximum Gasteiger partial charge on any atom is 0.303 e. The van der Waals surface area contributed by atoms with Crippen LogP contribution < -0.4 is 0 Å². The molecule has 0 aromatic heterocycles. The smallest absolute Gasteiger partial charge is 0.303 e. The van der Waals surface area contributed by atoms with Crippen molar-refractivity contribution in [2.45, 2.75) is 19.3 Å². The van der Waals surface area contributed by atoms with Crippen LogP contribution in [-0.4, -0.2) is 25.3 Å². The van der Waals surface area contributed by atoms with Gasteiger partial charge in [-0.3, -0.25) is 4.79 Å². The van der Waals surface area contributed by atoms with E-state index in [1.807, 2.05) is 30.3 Å². The molecule has 0 atom stereocenters. The third kappa shape index (κ3) is 2.81. The van der Waals surface area contributed by atoms with Gasteiger partial charge in [0.2, 0.25) is 0 Å². The highest BCUT2D eigenvalue weighted by molar-refractivity contribution is 5.66. The van der Waals surface area contributed by atoms with Crippen LogP contribution in [0.25, 0.3) is 0 Å². The standard InChI is InChI=1S/C12H14O4/c1-9(13)16-11-7-14-12(15-8-11)10-5-3-2-4-6-10/h2-6,11-12H,7-8H2,1H3. The van der Waals surface area contributed by atoms with Crippen LogP contribution in [0, 0.1) is 0 Å². The summed E-state index contributed by atoms with van der Waals surface area (Å²) in [6.45, 7) is 2.13. The molecule has 1 aliphatic rings. The second kappa shape index (κ2) is 5.09. The third-order valence-corrected chi connectivity index (χ3v) is 2.27. The Kier molecular flexibility index (Phi) is 3.54. The van der Waals surface area contributed by atoms with E-state index < -0.39 is 0 Å². The van der Waals surface area contributed by atoms with E-state index in [0.29, 0.717) is 13.2 Å². The van der Waals surface area contributed by atoms with Crippen LogP contribution in [0.5, 0.6) is 0 Å². The first-order valence-corrected chi connectivity index (χ1v) is 5.21. The fourth-order valence-corrected chi connectivity index (χ4v) is 1.59. The van der Waals surface area contributed by atoms with Gasteiger partial charge in [-0.25, -0.2) is 0 Å². The SMILES string of the molecule is CC(=O)OC1COC(c2ccccc2)OC1. The number of carbonyl (C=O) groups is 1. The highest BCUT2D eigenvalue weighted by Gasteiger charge is 2.24. The predicted octanol–water partition coefficient (Wildman–Crippen LogP) is 1.66. The molecule has 0 radical (unpaired) electrons. The number of hydrogen-bond donors (Lipinski definition) is 0. The first kappa shape index (κ1) is 11.1. The molecule has 2 rings (SSSR count). The van der Waals surface area contributed by atoms with Gasteiger partial charge in [0, 0.05) is 12.5 Å². The molecule has 4 heteroatoms. The van der Waals surface area contributed by atoms with Crippen LogP contribution in [0.3, 0.4) is 0 Å². The van der Waals surface area contributed by atoms with Crippen molar-refractivity contribution < 1.29 is 19.0 Å². The molecule has 16 heavy (non-hydrogen) atoms. The lowest BCUT2D eigenvalue weighted by Gasteiger charge is -2.29. The molecule has 0 saturated carbocycles. The second-order valence-corrected chi connectivity index (χ2v) is 3.64. The number of carbonyl (C=O) groups excluding carboxylic acids is 1. The van der Waals surface area contributed by atoms with E-state index in [-0.39, 0.29) is 18.4 Å². The molecule has 0 N–H and O–H groups in total. The lowest BCUT2D eigenvalue weighted by molar-refractivity contribution is -0.229. The maximum absolute atomic E-state index is 10.7. The number of ether oxygens (including phenoxy) is 3. The number of hydrogen-bond acceptors (Lipinski definition) is 4. The van der Waals surface area contributed by atoms with Crippen LogP contribution in [-0.2, 0) is 19.0 Å². The van der Waals surface area contributed by atoms with Crippen molar-refractivity contribution in [3.05, 3.63) is 35.9 Å². The minimum Gasteiger partial charge on any atom is -0.458 e. The van der Waals surface area contributed by atoms with Gasteiger partial charge in [0.05, 0.1) is 13.2 Å². The summed E-state index contributed by atoms with van der Waals surface area (Å²) < 4.78 is 15.9. The molecule has 0 unspecified atom stereocenters. The Morgan fingerprint density at radius 3 is 2.44 bits per heavy atom. The quantitative estimate of drug-likeness (QED) is 0.714. The van der Waals surface area contributed by atoms with E-state index in [0.717, 1.165) is 5.56 Å². The summed E-state index contributed by atoms with van der Waals surface area (Å²) in [6, 6.07) is 9.68. The minimum absolute atomic E-state index is 0.294. The second-order valence-electron chi connectivity index (χ2n) is 3.64. The molecule has 1 heterocycles. The zero-order valence-electron chi connectivity index (χ0n) is 9.09. The highest BCUT2D eigenvalue weighted by atomic mass is 16.7. The average molecular weight is 222 g/mol. The average Bonchev–Trinajstić information content (AvgIpc) is 2.30. The van der Waals surface area contributed by atoms with Gasteiger partial charge in [0.15, 0.2) is 6.29 Å². The summed E-state index contributed by atoms with van der Waals surface area (Å²) in [6.07, 6.45) is -0.648. The monoisotopic (exact) mass is 222 g/mol. The van der Waals surface area contributed by atoms with Gasteiger partial charge >= 0.3 is 5.97 Å². The summed E-state index contributed by atoms with van der Waals surface area (Å²) in [5.41, 5.74) is 0.976. The van der Waals surface area contributed by atoms with Crippen molar-refractivity contribution in [1.29, 1.82) is 0 Å². The van der Waals surface area contributed by atoms with Gasteiger partial charge in [-0.05, 0) is 0 Å². The van der Waals surface area contributed by atoms with Crippen molar-refractivity contribution in [3.63, 3.8) is 0 Å². The molecule has 1 saturated heterocycles. The van der Waals surface area contributed by atoms with E-state index in [1.165, 1.54) is 6.92 Å². The Balaban J connectivity index is 1.88. The lowest BCUT2D eigenvalue weighted by atomic mass is 10.2. The van der Waals surface area contributed by atoms with E-state index >= 15 is 0 Å². The summed E-state index contributed by atoms with van der Waals surface area (Å²) in [5, 5.41) is 0. The van der Waals surface area contributed by atoms with Crippen molar-refractivity contribution >= 4 is 5.97 Å². The van der Waals surface area contributed by atoms with E-state index in [1.54, 1.807) is 0 Å². The summed E-state index contributed by atoms with van der Waals surface area (Å²) in [7, 11) is 0. The van der Waals surface area contributed by atoms with E-state index in [9.17, 15) is 4.79 Å². The summed E-state index contributed by atoms with van der Waals surface area (Å²) >= 11 is 0. The molecule has 4 nitrogen and oxygen atoms in total. The Hall–Kier alpha value is -1.39. The van der Waals surface area contributed by atoms with Gasteiger partial charge < -0.3 is 14.2 Å². The predicted molar refractivity (Wildman–Crippen MR) is 56.6 cm³/mol. The van der Waals surface area contributed by atoms with E-state index in [4.69, 9.17) is 14.2 Å². The van der Waals surface area contributed by atoms with Crippen molar-refractivity contribution in [2.75, 3.05) is 13.2 Å². The molecule has 1 aliphatic heterocycles. The molecule has 0 aliphatic carbocycles. The molecule has 0 spiro atoms. The maximum atomic E-state index is 10.7. The van der Waals surface area contributed by atoms with Crippen LogP contribution >= 0.6 is 0 Å². The molecule has 1 fully saturated rings. The molecule has 0 bridgehead atoms. The van der Waals surface area contributed by atoms with Crippen molar-refractivity contribution in [3.8, 4) is 0 Å². The van der Waals surface area contributed by atoms with Gasteiger partial charge in [0.1, 0.15) is 6.10 Å². The molecular formula is C12H14O4. The zero-order valence-corrected chi connectivity index (χ0v) is 9.09. The summed E-state index contributed by atoms with van der Waals surface area (Å²) in [5.74, 6) is -0.310. The molecule has 1 aromatic rings. The number of esters is 1. The fourth-order valence-electron chi connectivity index (χ4n) is 1.59. The lowest BCUT2D eigenvalue weighted by Crippen LogP contribution is -2.34. The number of benzene rings is 1. The van der Waals surface area contributed by atoms with Crippen LogP contribution in [0.2, 0.25) is 0 Å². The van der Waals surface area contributed by atoms with Gasteiger partial charge in [-0.2, -0.15) is 0 Å². The Labute approximate surface area is 94.1 Å². The third-order valence-electron chi connectivity index (χ3n) is 2.27. The normalized spacial score (nSPS) is 25.1. The van der Waals surface area contributed by atoms with Crippen molar-refractivity contribution in [1.82, 2.24) is 0 Å². The minimum atomic E-state index is -0.354. The topological polar surface area (TPSA) is 44.8 Å². The Bertz CT molecular complexity index is 341. The highest BCUT2D eigenvalue weighted by Crippen LogP contribution is 2.23. The van der Waals surface area contributed by atoms with Crippen LogP contribution in [0.15, 0.2) is 30.3 Å². The van der Waals surface area contributed by atoms with Crippen LogP contribution in [0.4, 0.5) is 0 Å². The fraction of sp³-hybridized carbons (Fsp3) is 0.417. The number of rotatable bonds is 2. The molecule has 86 valence electrons. The Morgan fingerprint density at radius 2 is 1.88 bits per heavy atom. The summed E-state index contributed by atoms with van der Waals surface area (Å²) in [4.78, 5) is 10.7.